The van der Waals surface area contributed by atoms with E-state index >= 15 is 0 Å². The zero-order valence-corrected chi connectivity index (χ0v) is 16.6. The lowest BCUT2D eigenvalue weighted by atomic mass is 10.0. The Kier molecular flexibility index (Phi) is 5.99. The molecule has 1 saturated heterocycles. The first-order valence-corrected chi connectivity index (χ1v) is 9.65. The van der Waals surface area contributed by atoms with Gasteiger partial charge in [-0.2, -0.15) is 0 Å². The second-order valence-electron chi connectivity index (χ2n) is 7.57. The van der Waals surface area contributed by atoms with E-state index in [2.05, 4.69) is 26.0 Å². The van der Waals surface area contributed by atoms with E-state index in [9.17, 15) is 9.59 Å². The van der Waals surface area contributed by atoms with Gasteiger partial charge in [0.05, 0.1) is 12.8 Å². The van der Waals surface area contributed by atoms with E-state index in [0.717, 1.165) is 30.6 Å². The van der Waals surface area contributed by atoms with Gasteiger partial charge in [0.15, 0.2) is 0 Å². The van der Waals surface area contributed by atoms with Crippen molar-refractivity contribution in [2.24, 2.45) is 7.05 Å². The summed E-state index contributed by atoms with van der Waals surface area (Å²) in [5.74, 6) is 0.292. The minimum Gasteiger partial charge on any atom is -0.357 e. The molecule has 0 unspecified atom stereocenters. The first-order chi connectivity index (χ1) is 12.9. The number of amides is 2. The summed E-state index contributed by atoms with van der Waals surface area (Å²) >= 11 is 0. The first-order valence-electron chi connectivity index (χ1n) is 9.65. The van der Waals surface area contributed by atoms with Crippen molar-refractivity contribution in [2.75, 3.05) is 26.2 Å². The van der Waals surface area contributed by atoms with Crippen LogP contribution in [-0.2, 0) is 29.5 Å². The van der Waals surface area contributed by atoms with Gasteiger partial charge < -0.3 is 14.4 Å². The molecule has 1 aromatic heterocycles. The van der Waals surface area contributed by atoms with Crippen LogP contribution in [0.4, 0.5) is 0 Å². The molecule has 1 aliphatic heterocycles. The Morgan fingerprint density at radius 1 is 0.852 bits per heavy atom. The van der Waals surface area contributed by atoms with E-state index in [4.69, 9.17) is 0 Å². The topological polar surface area (TPSA) is 45.6 Å². The molecule has 5 heteroatoms. The fourth-order valence-electron chi connectivity index (χ4n) is 3.57. The quantitative estimate of drug-likeness (QED) is 0.833. The van der Waals surface area contributed by atoms with E-state index < -0.39 is 0 Å². The maximum absolute atomic E-state index is 12.7. The molecule has 1 aliphatic rings. The number of hydrogen-bond acceptors (Lipinski definition) is 2. The van der Waals surface area contributed by atoms with Gasteiger partial charge in [-0.15, -0.1) is 0 Å². The van der Waals surface area contributed by atoms with Crippen LogP contribution in [0, 0.1) is 13.8 Å². The van der Waals surface area contributed by atoms with Crippen molar-refractivity contribution in [2.45, 2.75) is 33.1 Å². The molecule has 0 saturated carbocycles. The van der Waals surface area contributed by atoms with Crippen molar-refractivity contribution in [3.8, 4) is 0 Å². The highest BCUT2D eigenvalue weighted by Gasteiger charge is 2.22. The zero-order valence-electron chi connectivity index (χ0n) is 16.6. The molecular formula is C22H29N3O2. The van der Waals surface area contributed by atoms with Gasteiger partial charge >= 0.3 is 0 Å². The highest BCUT2D eigenvalue weighted by atomic mass is 16.2. The number of aromatic nitrogens is 1. The van der Waals surface area contributed by atoms with E-state index in [1.165, 1.54) is 11.1 Å². The highest BCUT2D eigenvalue weighted by Crippen LogP contribution is 2.13. The highest BCUT2D eigenvalue weighted by molar-refractivity contribution is 5.80. The maximum atomic E-state index is 12.7. The van der Waals surface area contributed by atoms with Gasteiger partial charge in [0.1, 0.15) is 0 Å². The molecule has 0 aliphatic carbocycles. The van der Waals surface area contributed by atoms with Gasteiger partial charge in [-0.05, 0) is 48.6 Å². The third-order valence-electron chi connectivity index (χ3n) is 5.38. The molecule has 2 amide bonds. The van der Waals surface area contributed by atoms with Crippen molar-refractivity contribution in [3.63, 3.8) is 0 Å². The summed E-state index contributed by atoms with van der Waals surface area (Å²) in [5, 5.41) is 0. The van der Waals surface area contributed by atoms with Gasteiger partial charge in [0, 0.05) is 45.6 Å². The Hall–Kier alpha value is -2.56. The molecule has 27 heavy (non-hydrogen) atoms. The van der Waals surface area contributed by atoms with Crippen LogP contribution in [0.1, 0.15) is 28.7 Å². The number of carbonyl (C=O) groups is 2. The summed E-state index contributed by atoms with van der Waals surface area (Å²) in [6.07, 6.45) is 5.63. The third-order valence-corrected chi connectivity index (χ3v) is 5.38. The maximum Gasteiger partial charge on any atom is 0.227 e. The fourth-order valence-corrected chi connectivity index (χ4v) is 3.57. The molecule has 1 fully saturated rings. The molecule has 0 spiro atoms. The SMILES string of the molecule is Cc1ccc(CC(=O)N2CCCN(C(=O)Cc3ccn(C)c3)CC2)cc1C. The minimum absolute atomic E-state index is 0.143. The van der Waals surface area contributed by atoms with Crippen LogP contribution < -0.4 is 0 Å². The van der Waals surface area contributed by atoms with E-state index in [1.807, 2.05) is 45.9 Å². The number of nitrogens with zero attached hydrogens (tertiary/aromatic N) is 3. The second-order valence-corrected chi connectivity index (χ2v) is 7.57. The summed E-state index contributed by atoms with van der Waals surface area (Å²) in [6, 6.07) is 8.19. The van der Waals surface area contributed by atoms with Gasteiger partial charge in [-0.1, -0.05) is 18.2 Å². The molecule has 144 valence electrons. The predicted octanol–water partition coefficient (Wildman–Crippen LogP) is 2.49. The second kappa shape index (κ2) is 8.42. The van der Waals surface area contributed by atoms with Crippen LogP contribution in [0.2, 0.25) is 0 Å². The first kappa shape index (κ1) is 19.2. The Morgan fingerprint density at radius 2 is 1.48 bits per heavy atom. The molecule has 0 bridgehead atoms. The number of benzene rings is 1. The zero-order chi connectivity index (χ0) is 19.4. The standard InChI is InChI=1S/C22H29N3O2/c1-17-5-6-19(13-18(17)2)14-21(26)24-8-4-9-25(12-11-24)22(27)15-20-7-10-23(3)16-20/h5-7,10,13,16H,4,8-9,11-12,14-15H2,1-3H3. The third kappa shape index (κ3) is 5.00. The molecule has 2 heterocycles. The van der Waals surface area contributed by atoms with Gasteiger partial charge in [0.25, 0.3) is 0 Å². The Morgan fingerprint density at radius 3 is 2.04 bits per heavy atom. The van der Waals surface area contributed by atoms with Crippen molar-refractivity contribution in [3.05, 3.63) is 58.9 Å². The van der Waals surface area contributed by atoms with Crippen LogP contribution in [0.25, 0.3) is 0 Å². The summed E-state index contributed by atoms with van der Waals surface area (Å²) in [7, 11) is 1.96. The lowest BCUT2D eigenvalue weighted by Gasteiger charge is -2.22. The van der Waals surface area contributed by atoms with Crippen molar-refractivity contribution < 1.29 is 9.59 Å². The Balaban J connectivity index is 1.54. The summed E-state index contributed by atoms with van der Waals surface area (Å²) < 4.78 is 1.96. The van der Waals surface area contributed by atoms with Gasteiger partial charge in [0.2, 0.25) is 11.8 Å². The van der Waals surface area contributed by atoms with Crippen LogP contribution in [0.5, 0.6) is 0 Å². The normalized spacial score (nSPS) is 14.9. The summed E-state index contributed by atoms with van der Waals surface area (Å²) in [6.45, 7) is 6.83. The summed E-state index contributed by atoms with van der Waals surface area (Å²) in [5.41, 5.74) is 4.56. The van der Waals surface area contributed by atoms with E-state index in [-0.39, 0.29) is 11.8 Å². The fraction of sp³-hybridized carbons (Fsp3) is 0.455. The van der Waals surface area contributed by atoms with Crippen LogP contribution in [0.15, 0.2) is 36.7 Å². The van der Waals surface area contributed by atoms with E-state index in [1.54, 1.807) is 0 Å². The average molecular weight is 367 g/mol. The van der Waals surface area contributed by atoms with E-state index in [0.29, 0.717) is 25.9 Å². The van der Waals surface area contributed by atoms with Gasteiger partial charge in [-0.3, -0.25) is 9.59 Å². The average Bonchev–Trinajstić information content (AvgIpc) is 2.89. The molecule has 1 aromatic carbocycles. The smallest absolute Gasteiger partial charge is 0.227 e. The van der Waals surface area contributed by atoms with Crippen LogP contribution >= 0.6 is 0 Å². The lowest BCUT2D eigenvalue weighted by molar-refractivity contribution is -0.132. The molecule has 0 radical (unpaired) electrons. The molecule has 2 aromatic rings. The summed E-state index contributed by atoms with van der Waals surface area (Å²) in [4.78, 5) is 29.1. The molecule has 5 nitrogen and oxygen atoms in total. The monoisotopic (exact) mass is 367 g/mol. The lowest BCUT2D eigenvalue weighted by Crippen LogP contribution is -2.38. The number of hydrogen-bond donors (Lipinski definition) is 0. The number of carbonyl (C=O) groups excluding carboxylic acids is 2. The molecule has 0 N–H and O–H groups in total. The molecule has 3 rings (SSSR count). The number of aryl methyl sites for hydroxylation is 3. The van der Waals surface area contributed by atoms with Crippen molar-refractivity contribution in [1.29, 1.82) is 0 Å². The molecular weight excluding hydrogens is 338 g/mol. The predicted molar refractivity (Wildman–Crippen MR) is 107 cm³/mol. The van der Waals surface area contributed by atoms with Crippen LogP contribution in [0.3, 0.4) is 0 Å². The Labute approximate surface area is 161 Å². The Bertz CT molecular complexity index is 825. The van der Waals surface area contributed by atoms with Gasteiger partial charge in [-0.25, -0.2) is 0 Å². The van der Waals surface area contributed by atoms with Crippen molar-refractivity contribution >= 4 is 11.8 Å². The number of rotatable bonds is 4. The largest absolute Gasteiger partial charge is 0.357 e. The minimum atomic E-state index is 0.143. The van der Waals surface area contributed by atoms with Crippen LogP contribution in [-0.4, -0.2) is 52.4 Å². The van der Waals surface area contributed by atoms with Crippen molar-refractivity contribution in [1.82, 2.24) is 14.4 Å². The molecule has 0 atom stereocenters.